The summed E-state index contributed by atoms with van der Waals surface area (Å²) in [5.41, 5.74) is 5.63. The predicted molar refractivity (Wildman–Crippen MR) is 51.1 cm³/mol. The summed E-state index contributed by atoms with van der Waals surface area (Å²) in [5.74, 6) is 0.515. The van der Waals surface area contributed by atoms with Gasteiger partial charge in [-0.1, -0.05) is 0 Å². The number of methoxy groups -OCH3 is 2. The number of hydrogen-bond acceptors (Lipinski definition) is 5. The highest BCUT2D eigenvalue weighted by molar-refractivity contribution is 7.79. The lowest BCUT2D eigenvalue weighted by atomic mass is 10.3. The molecule has 5 nitrogen and oxygen atoms in total. The zero-order chi connectivity index (χ0) is 10.7. The first-order valence-electron chi connectivity index (χ1n) is 3.71. The van der Waals surface area contributed by atoms with Crippen LogP contribution < -0.4 is 15.2 Å². The van der Waals surface area contributed by atoms with Crippen LogP contribution >= 0.6 is 0 Å². The molecule has 14 heavy (non-hydrogen) atoms. The van der Waals surface area contributed by atoms with Crippen molar-refractivity contribution in [2.75, 3.05) is 20.0 Å². The SMILES string of the molecule is COc1ccc(OC)c(S(=O)[O-])c1N. The first kappa shape index (κ1) is 10.8. The second-order valence-electron chi connectivity index (χ2n) is 2.45. The zero-order valence-corrected chi connectivity index (χ0v) is 8.59. The Bertz CT molecular complexity index is 367. The maximum atomic E-state index is 10.9. The van der Waals surface area contributed by atoms with Gasteiger partial charge in [0, 0.05) is 0 Å². The number of anilines is 1. The van der Waals surface area contributed by atoms with Gasteiger partial charge in [-0.15, -0.1) is 0 Å². The molecular formula is C8H10NO4S-. The molecule has 0 saturated carbocycles. The number of ether oxygens (including phenoxy) is 2. The van der Waals surface area contributed by atoms with Crippen molar-refractivity contribution >= 4 is 16.8 Å². The molecule has 0 aliphatic heterocycles. The molecule has 0 heterocycles. The monoisotopic (exact) mass is 216 g/mol. The van der Waals surface area contributed by atoms with E-state index in [-0.39, 0.29) is 16.3 Å². The Morgan fingerprint density at radius 3 is 2.21 bits per heavy atom. The Morgan fingerprint density at radius 1 is 1.29 bits per heavy atom. The summed E-state index contributed by atoms with van der Waals surface area (Å²) in [5, 5.41) is 0. The Labute approximate surface area is 84.1 Å². The molecule has 0 aromatic heterocycles. The smallest absolute Gasteiger partial charge is 0.143 e. The summed E-state index contributed by atoms with van der Waals surface area (Å²) < 4.78 is 31.4. The fourth-order valence-electron chi connectivity index (χ4n) is 1.07. The molecule has 0 aliphatic rings. The summed E-state index contributed by atoms with van der Waals surface area (Å²) in [4.78, 5) is -0.0770. The highest BCUT2D eigenvalue weighted by atomic mass is 32.2. The minimum absolute atomic E-state index is 0.0557. The first-order valence-corrected chi connectivity index (χ1v) is 4.79. The van der Waals surface area contributed by atoms with Crippen LogP contribution in [0.5, 0.6) is 11.5 Å². The van der Waals surface area contributed by atoms with Crippen molar-refractivity contribution in [2.45, 2.75) is 4.90 Å². The van der Waals surface area contributed by atoms with Gasteiger partial charge in [0.1, 0.15) is 11.5 Å². The van der Waals surface area contributed by atoms with E-state index in [1.165, 1.54) is 20.3 Å². The molecule has 0 spiro atoms. The fourth-order valence-corrected chi connectivity index (χ4v) is 1.67. The van der Waals surface area contributed by atoms with Crippen LogP contribution in [0.15, 0.2) is 17.0 Å². The minimum Gasteiger partial charge on any atom is -0.768 e. The van der Waals surface area contributed by atoms with E-state index in [0.717, 1.165) is 0 Å². The van der Waals surface area contributed by atoms with Crippen molar-refractivity contribution in [3.05, 3.63) is 12.1 Å². The molecule has 0 aliphatic carbocycles. The Morgan fingerprint density at radius 2 is 1.79 bits per heavy atom. The van der Waals surface area contributed by atoms with Crippen molar-refractivity contribution in [3.8, 4) is 11.5 Å². The molecule has 0 amide bonds. The van der Waals surface area contributed by atoms with Crippen molar-refractivity contribution in [2.24, 2.45) is 0 Å². The summed E-state index contributed by atoms with van der Waals surface area (Å²) in [6, 6.07) is 3.03. The highest BCUT2D eigenvalue weighted by Gasteiger charge is 2.12. The molecule has 0 fully saturated rings. The van der Waals surface area contributed by atoms with E-state index in [9.17, 15) is 8.76 Å². The van der Waals surface area contributed by atoms with Gasteiger partial charge in [0.05, 0.1) is 24.8 Å². The van der Waals surface area contributed by atoms with Crippen LogP contribution in [0, 0.1) is 0 Å². The van der Waals surface area contributed by atoms with Crippen molar-refractivity contribution in [1.29, 1.82) is 0 Å². The minimum atomic E-state index is -2.44. The molecule has 6 heteroatoms. The van der Waals surface area contributed by atoms with Gasteiger partial charge in [-0.2, -0.15) is 0 Å². The van der Waals surface area contributed by atoms with E-state index in [1.807, 2.05) is 0 Å². The number of nitrogens with two attached hydrogens (primary N) is 1. The van der Waals surface area contributed by atoms with E-state index in [0.29, 0.717) is 5.75 Å². The summed E-state index contributed by atoms with van der Waals surface area (Å²) >= 11 is -2.44. The molecule has 1 aromatic rings. The standard InChI is InChI=1S/C8H11NO4S/c1-12-5-3-4-6(13-2)8(7(5)9)14(10)11/h3-4H,9H2,1-2H3,(H,10,11)/p-1. The van der Waals surface area contributed by atoms with Gasteiger partial charge >= 0.3 is 0 Å². The van der Waals surface area contributed by atoms with Gasteiger partial charge in [0.15, 0.2) is 0 Å². The van der Waals surface area contributed by atoms with Crippen molar-refractivity contribution in [3.63, 3.8) is 0 Å². The van der Waals surface area contributed by atoms with Crippen LogP contribution in [0.2, 0.25) is 0 Å². The molecule has 1 unspecified atom stereocenters. The lowest BCUT2D eigenvalue weighted by Crippen LogP contribution is -2.02. The molecule has 1 rings (SSSR count). The molecule has 78 valence electrons. The summed E-state index contributed by atoms with van der Waals surface area (Å²) in [6.45, 7) is 0. The molecule has 2 N–H and O–H groups in total. The van der Waals surface area contributed by atoms with E-state index in [2.05, 4.69) is 0 Å². The summed E-state index contributed by atoms with van der Waals surface area (Å²) in [7, 11) is 2.79. The Kier molecular flexibility index (Phi) is 3.32. The van der Waals surface area contributed by atoms with Crippen LogP contribution in [-0.2, 0) is 11.1 Å². The maximum absolute atomic E-state index is 10.9. The summed E-state index contributed by atoms with van der Waals surface area (Å²) in [6.07, 6.45) is 0. The van der Waals surface area contributed by atoms with Crippen molar-refractivity contribution in [1.82, 2.24) is 0 Å². The maximum Gasteiger partial charge on any atom is 0.143 e. The van der Waals surface area contributed by atoms with E-state index < -0.39 is 11.1 Å². The average molecular weight is 216 g/mol. The lowest BCUT2D eigenvalue weighted by Gasteiger charge is -2.15. The second-order valence-corrected chi connectivity index (χ2v) is 3.33. The van der Waals surface area contributed by atoms with Crippen LogP contribution in [0.25, 0.3) is 0 Å². The van der Waals surface area contributed by atoms with Gasteiger partial charge in [-0.3, -0.25) is 4.21 Å². The normalized spacial score (nSPS) is 12.2. The fraction of sp³-hybridized carbons (Fsp3) is 0.250. The quantitative estimate of drug-likeness (QED) is 0.588. The number of nitrogen functional groups attached to an aromatic ring is 1. The van der Waals surface area contributed by atoms with Crippen LogP contribution in [0.4, 0.5) is 5.69 Å². The third kappa shape index (κ3) is 1.80. The molecular weight excluding hydrogens is 206 g/mol. The Balaban J connectivity index is 3.39. The Hall–Kier alpha value is -1.27. The molecule has 0 saturated heterocycles. The lowest BCUT2D eigenvalue weighted by molar-refractivity contribution is 0.393. The number of benzene rings is 1. The third-order valence-electron chi connectivity index (χ3n) is 1.73. The van der Waals surface area contributed by atoms with Crippen molar-refractivity contribution < 1.29 is 18.2 Å². The number of rotatable bonds is 3. The second kappa shape index (κ2) is 4.30. The van der Waals surface area contributed by atoms with Crippen LogP contribution in [0.3, 0.4) is 0 Å². The van der Waals surface area contributed by atoms with E-state index in [4.69, 9.17) is 15.2 Å². The zero-order valence-electron chi connectivity index (χ0n) is 7.77. The topological polar surface area (TPSA) is 84.6 Å². The van der Waals surface area contributed by atoms with Gasteiger partial charge < -0.3 is 19.8 Å². The van der Waals surface area contributed by atoms with Crippen LogP contribution in [0.1, 0.15) is 0 Å². The molecule has 0 bridgehead atoms. The molecule has 1 atom stereocenters. The van der Waals surface area contributed by atoms with Gasteiger partial charge in [-0.05, 0) is 23.2 Å². The molecule has 1 aromatic carbocycles. The first-order chi connectivity index (χ1) is 6.61. The van der Waals surface area contributed by atoms with Gasteiger partial charge in [0.2, 0.25) is 0 Å². The predicted octanol–water partition coefficient (Wildman–Crippen LogP) is 0.524. The number of hydrogen-bond donors (Lipinski definition) is 1. The largest absolute Gasteiger partial charge is 0.768 e. The van der Waals surface area contributed by atoms with E-state index >= 15 is 0 Å². The molecule has 0 radical (unpaired) electrons. The highest BCUT2D eigenvalue weighted by Crippen LogP contribution is 2.34. The average Bonchev–Trinajstić information content (AvgIpc) is 2.16. The van der Waals surface area contributed by atoms with Gasteiger partial charge in [0.25, 0.3) is 0 Å². The van der Waals surface area contributed by atoms with Gasteiger partial charge in [-0.25, -0.2) is 0 Å². The van der Waals surface area contributed by atoms with Crippen LogP contribution in [-0.4, -0.2) is 23.0 Å². The third-order valence-corrected chi connectivity index (χ3v) is 2.48. The van der Waals surface area contributed by atoms with E-state index in [1.54, 1.807) is 6.07 Å².